The van der Waals surface area contributed by atoms with E-state index in [0.29, 0.717) is 18.1 Å². The third-order valence-electron chi connectivity index (χ3n) is 4.13. The molecule has 0 radical (unpaired) electrons. The van der Waals surface area contributed by atoms with E-state index in [2.05, 4.69) is 72.5 Å². The molecule has 2 heteroatoms. The topological polar surface area (TPSA) is 29.3 Å². The molecule has 2 atom stereocenters. The van der Waals surface area contributed by atoms with Gasteiger partial charge in [0.1, 0.15) is 0 Å². The quantitative estimate of drug-likeness (QED) is 0.910. The first-order chi connectivity index (χ1) is 9.27. The molecule has 2 nitrogen and oxygen atoms in total. The smallest absolute Gasteiger partial charge is 0.0605 e. The van der Waals surface area contributed by atoms with Gasteiger partial charge in [-0.15, -0.1) is 0 Å². The Bertz CT molecular complexity index is 484. The Kier molecular flexibility index (Phi) is 3.36. The van der Waals surface area contributed by atoms with Gasteiger partial charge in [-0.1, -0.05) is 60.7 Å². The van der Waals surface area contributed by atoms with E-state index in [1.54, 1.807) is 0 Å². The molecular weight excluding hydrogens is 232 g/mol. The summed E-state index contributed by atoms with van der Waals surface area (Å²) >= 11 is 0. The molecule has 0 spiro atoms. The van der Waals surface area contributed by atoms with E-state index < -0.39 is 0 Å². The minimum atomic E-state index is 0.301. The lowest BCUT2D eigenvalue weighted by Gasteiger charge is -2.49. The van der Waals surface area contributed by atoms with Crippen molar-refractivity contribution >= 4 is 0 Å². The zero-order chi connectivity index (χ0) is 13.2. The van der Waals surface area contributed by atoms with Crippen molar-refractivity contribution in [2.24, 2.45) is 5.73 Å². The van der Waals surface area contributed by atoms with Crippen molar-refractivity contribution in [3.8, 4) is 0 Å². The number of likely N-dealkylation sites (tertiary alicyclic amines) is 1. The predicted molar refractivity (Wildman–Crippen MR) is 78.9 cm³/mol. The van der Waals surface area contributed by atoms with Crippen LogP contribution in [0.15, 0.2) is 60.7 Å². The Hall–Kier alpha value is -1.64. The Morgan fingerprint density at radius 1 is 0.947 bits per heavy atom. The van der Waals surface area contributed by atoms with Crippen molar-refractivity contribution in [1.82, 2.24) is 4.90 Å². The lowest BCUT2D eigenvalue weighted by atomic mass is 9.89. The van der Waals surface area contributed by atoms with Crippen LogP contribution >= 0.6 is 0 Å². The fourth-order valence-corrected chi connectivity index (χ4v) is 2.86. The number of nitrogens with two attached hydrogens (primary N) is 1. The van der Waals surface area contributed by atoms with Crippen LogP contribution in [0.5, 0.6) is 0 Å². The molecular formula is C17H20N2. The van der Waals surface area contributed by atoms with Crippen LogP contribution in [0.4, 0.5) is 0 Å². The summed E-state index contributed by atoms with van der Waals surface area (Å²) in [6.07, 6.45) is 0. The number of rotatable bonds is 3. The molecule has 0 unspecified atom stereocenters. The second-order valence-electron chi connectivity index (χ2n) is 5.33. The summed E-state index contributed by atoms with van der Waals surface area (Å²) in [5.74, 6) is 0. The predicted octanol–water partition coefficient (Wildman–Crippen LogP) is 2.81. The molecule has 1 aliphatic rings. The summed E-state index contributed by atoms with van der Waals surface area (Å²) in [5.41, 5.74) is 8.75. The summed E-state index contributed by atoms with van der Waals surface area (Å²) < 4.78 is 0. The molecule has 1 saturated heterocycles. The Labute approximate surface area is 114 Å². The van der Waals surface area contributed by atoms with E-state index in [1.165, 1.54) is 11.1 Å². The van der Waals surface area contributed by atoms with Crippen LogP contribution in [0.3, 0.4) is 0 Å². The van der Waals surface area contributed by atoms with Crippen LogP contribution < -0.4 is 5.73 Å². The molecule has 2 aromatic rings. The molecule has 0 bridgehead atoms. The summed E-state index contributed by atoms with van der Waals surface area (Å²) in [5, 5.41) is 0. The normalized spacial score (nSPS) is 23.3. The lowest BCUT2D eigenvalue weighted by molar-refractivity contribution is 0.0447. The fraction of sp³-hybridized carbons (Fsp3) is 0.294. The summed E-state index contributed by atoms with van der Waals surface area (Å²) in [6.45, 7) is 3.18. The van der Waals surface area contributed by atoms with E-state index >= 15 is 0 Å². The molecule has 2 N–H and O–H groups in total. The van der Waals surface area contributed by atoms with Gasteiger partial charge in [-0.2, -0.15) is 0 Å². The van der Waals surface area contributed by atoms with Gasteiger partial charge in [-0.25, -0.2) is 0 Å². The van der Waals surface area contributed by atoms with Crippen molar-refractivity contribution in [3.63, 3.8) is 0 Å². The third kappa shape index (κ3) is 2.29. The molecule has 0 saturated carbocycles. The maximum atomic E-state index is 6.06. The van der Waals surface area contributed by atoms with Gasteiger partial charge in [-0.05, 0) is 18.1 Å². The van der Waals surface area contributed by atoms with Crippen molar-refractivity contribution in [3.05, 3.63) is 71.8 Å². The van der Waals surface area contributed by atoms with Gasteiger partial charge in [0.25, 0.3) is 0 Å². The zero-order valence-electron chi connectivity index (χ0n) is 11.2. The molecule has 0 amide bonds. The molecule has 19 heavy (non-hydrogen) atoms. The highest BCUT2D eigenvalue weighted by atomic mass is 15.3. The van der Waals surface area contributed by atoms with Crippen LogP contribution in [0, 0.1) is 0 Å². The average molecular weight is 252 g/mol. The number of hydrogen-bond acceptors (Lipinski definition) is 2. The van der Waals surface area contributed by atoms with E-state index in [1.807, 2.05) is 0 Å². The molecule has 0 aromatic heterocycles. The lowest BCUT2D eigenvalue weighted by Crippen LogP contribution is -2.63. The second kappa shape index (κ2) is 5.16. The Morgan fingerprint density at radius 3 is 1.79 bits per heavy atom. The van der Waals surface area contributed by atoms with Gasteiger partial charge in [0.15, 0.2) is 0 Å². The number of nitrogens with zero attached hydrogens (tertiary/aromatic N) is 1. The minimum absolute atomic E-state index is 0.301. The van der Waals surface area contributed by atoms with Gasteiger partial charge in [0, 0.05) is 18.6 Å². The fourth-order valence-electron chi connectivity index (χ4n) is 2.86. The first kappa shape index (κ1) is 12.4. The zero-order valence-corrected chi connectivity index (χ0v) is 11.2. The summed E-state index contributed by atoms with van der Waals surface area (Å²) in [6, 6.07) is 22.4. The summed E-state index contributed by atoms with van der Waals surface area (Å²) in [7, 11) is 0. The molecule has 1 heterocycles. The SMILES string of the molecule is C[C@@H]1[C@H](N)CN1C(c1ccccc1)c1ccccc1. The van der Waals surface area contributed by atoms with E-state index in [-0.39, 0.29) is 0 Å². The molecule has 98 valence electrons. The van der Waals surface area contributed by atoms with Crippen LogP contribution in [0.1, 0.15) is 24.1 Å². The third-order valence-corrected chi connectivity index (χ3v) is 4.13. The largest absolute Gasteiger partial charge is 0.325 e. The van der Waals surface area contributed by atoms with E-state index in [0.717, 1.165) is 6.54 Å². The number of benzene rings is 2. The van der Waals surface area contributed by atoms with Crippen LogP contribution in [-0.4, -0.2) is 23.5 Å². The Morgan fingerprint density at radius 2 is 1.42 bits per heavy atom. The molecule has 1 aliphatic heterocycles. The van der Waals surface area contributed by atoms with Crippen LogP contribution in [0.25, 0.3) is 0 Å². The first-order valence-corrected chi connectivity index (χ1v) is 6.88. The van der Waals surface area contributed by atoms with Crippen molar-refractivity contribution in [2.45, 2.75) is 25.0 Å². The van der Waals surface area contributed by atoms with Gasteiger partial charge in [-0.3, -0.25) is 4.90 Å². The molecule has 0 aliphatic carbocycles. The highest BCUT2D eigenvalue weighted by Crippen LogP contribution is 2.34. The highest BCUT2D eigenvalue weighted by Gasteiger charge is 2.38. The van der Waals surface area contributed by atoms with Crippen LogP contribution in [-0.2, 0) is 0 Å². The second-order valence-corrected chi connectivity index (χ2v) is 5.33. The van der Waals surface area contributed by atoms with Gasteiger partial charge >= 0.3 is 0 Å². The van der Waals surface area contributed by atoms with Crippen LogP contribution in [0.2, 0.25) is 0 Å². The molecule has 3 rings (SSSR count). The van der Waals surface area contributed by atoms with Gasteiger partial charge in [0.05, 0.1) is 6.04 Å². The summed E-state index contributed by atoms with van der Waals surface area (Å²) in [4.78, 5) is 2.48. The molecule has 1 fully saturated rings. The minimum Gasteiger partial charge on any atom is -0.325 e. The maximum absolute atomic E-state index is 6.06. The first-order valence-electron chi connectivity index (χ1n) is 6.88. The highest BCUT2D eigenvalue weighted by molar-refractivity contribution is 5.33. The van der Waals surface area contributed by atoms with E-state index in [9.17, 15) is 0 Å². The number of hydrogen-bond donors (Lipinski definition) is 1. The van der Waals surface area contributed by atoms with Crippen molar-refractivity contribution in [1.29, 1.82) is 0 Å². The van der Waals surface area contributed by atoms with Gasteiger partial charge < -0.3 is 5.73 Å². The molecule has 2 aromatic carbocycles. The standard InChI is InChI=1S/C17H20N2/c1-13-16(18)12-19(13)17(14-8-4-2-5-9-14)15-10-6-3-7-11-15/h2-11,13,16-17H,12,18H2,1H3/t13-,16-/m1/s1. The Balaban J connectivity index is 1.97. The monoisotopic (exact) mass is 252 g/mol. The van der Waals surface area contributed by atoms with Crippen molar-refractivity contribution in [2.75, 3.05) is 6.54 Å². The average Bonchev–Trinajstić information content (AvgIpc) is 2.49. The van der Waals surface area contributed by atoms with Gasteiger partial charge in [0.2, 0.25) is 0 Å². The van der Waals surface area contributed by atoms with E-state index in [4.69, 9.17) is 5.73 Å². The van der Waals surface area contributed by atoms with Crippen molar-refractivity contribution < 1.29 is 0 Å². The maximum Gasteiger partial charge on any atom is 0.0605 e.